The van der Waals surface area contributed by atoms with E-state index in [0.29, 0.717) is 0 Å². The van der Waals surface area contributed by atoms with E-state index in [-0.39, 0.29) is 24.3 Å². The number of benzene rings is 2. The molecule has 0 aliphatic heterocycles. The van der Waals surface area contributed by atoms with Gasteiger partial charge in [0.15, 0.2) is 0 Å². The van der Waals surface area contributed by atoms with Crippen LogP contribution in [0.2, 0.25) is 0 Å². The first kappa shape index (κ1) is 14.6. The highest BCUT2D eigenvalue weighted by atomic mass is 32.2. The molecule has 0 fully saturated rings. The largest absolute Gasteiger partial charge is 0.395 e. The van der Waals surface area contributed by atoms with Crippen LogP contribution in [0.5, 0.6) is 0 Å². The maximum absolute atomic E-state index is 12.3. The molecule has 0 unspecified atom stereocenters. The molecular formula is C16H17NO2S. The summed E-state index contributed by atoms with van der Waals surface area (Å²) in [6.07, 6.45) is 0. The van der Waals surface area contributed by atoms with Gasteiger partial charge >= 0.3 is 0 Å². The van der Waals surface area contributed by atoms with E-state index in [9.17, 15) is 4.79 Å². The van der Waals surface area contributed by atoms with Crippen molar-refractivity contribution in [3.05, 3.63) is 66.2 Å². The molecule has 0 heterocycles. The molecule has 0 radical (unpaired) electrons. The van der Waals surface area contributed by atoms with Crippen LogP contribution in [0.1, 0.15) is 10.8 Å². The lowest BCUT2D eigenvalue weighted by molar-refractivity contribution is -0.120. The molecule has 2 rings (SSSR count). The molecule has 3 nitrogen and oxygen atoms in total. The average molecular weight is 287 g/mol. The Balaban J connectivity index is 2.18. The fourth-order valence-electron chi connectivity index (χ4n) is 1.81. The molecule has 0 aliphatic rings. The number of amides is 1. The number of nitrogens with one attached hydrogen (secondary N) is 1. The van der Waals surface area contributed by atoms with Gasteiger partial charge in [-0.15, -0.1) is 11.8 Å². The standard InChI is InChI=1S/C16H17NO2S/c18-12-11-17-16(19)15(13-7-3-1-4-8-13)20-14-9-5-2-6-10-14/h1-10,15,18H,11-12H2,(H,17,19)/t15-/m0/s1. The van der Waals surface area contributed by atoms with E-state index in [4.69, 9.17) is 5.11 Å². The third-order valence-electron chi connectivity index (χ3n) is 2.75. The summed E-state index contributed by atoms with van der Waals surface area (Å²) < 4.78 is 0. The van der Waals surface area contributed by atoms with Crippen LogP contribution in [0, 0.1) is 0 Å². The fourth-order valence-corrected chi connectivity index (χ4v) is 2.88. The monoisotopic (exact) mass is 287 g/mol. The Morgan fingerprint density at radius 1 is 1.05 bits per heavy atom. The second-order valence-electron chi connectivity index (χ2n) is 4.24. The molecule has 2 aromatic rings. The average Bonchev–Trinajstić information content (AvgIpc) is 2.52. The smallest absolute Gasteiger partial charge is 0.238 e. The zero-order valence-electron chi connectivity index (χ0n) is 11.0. The van der Waals surface area contributed by atoms with Crippen LogP contribution < -0.4 is 5.32 Å². The quantitative estimate of drug-likeness (QED) is 0.803. The summed E-state index contributed by atoms with van der Waals surface area (Å²) in [5.41, 5.74) is 0.955. The van der Waals surface area contributed by atoms with Crippen molar-refractivity contribution < 1.29 is 9.90 Å². The fraction of sp³-hybridized carbons (Fsp3) is 0.188. The van der Waals surface area contributed by atoms with Crippen LogP contribution in [-0.2, 0) is 4.79 Å². The van der Waals surface area contributed by atoms with E-state index < -0.39 is 0 Å². The second kappa shape index (κ2) is 7.72. The summed E-state index contributed by atoms with van der Waals surface area (Å²) in [7, 11) is 0. The predicted octanol–water partition coefficient (Wildman–Crippen LogP) is 2.63. The highest BCUT2D eigenvalue weighted by Gasteiger charge is 2.21. The predicted molar refractivity (Wildman–Crippen MR) is 81.6 cm³/mol. The minimum absolute atomic E-state index is 0.0523. The Hall–Kier alpha value is -1.78. The van der Waals surface area contributed by atoms with Gasteiger partial charge in [-0.05, 0) is 17.7 Å². The van der Waals surface area contributed by atoms with Gasteiger partial charge in [-0.1, -0.05) is 48.5 Å². The summed E-state index contributed by atoms with van der Waals surface area (Å²) in [6.45, 7) is 0.223. The minimum atomic E-state index is -0.315. The van der Waals surface area contributed by atoms with Crippen molar-refractivity contribution in [1.29, 1.82) is 0 Å². The normalized spacial score (nSPS) is 11.8. The number of hydrogen-bond acceptors (Lipinski definition) is 3. The second-order valence-corrected chi connectivity index (χ2v) is 5.41. The van der Waals surface area contributed by atoms with Crippen LogP contribution in [0.25, 0.3) is 0 Å². The summed E-state index contributed by atoms with van der Waals surface area (Å²) in [5.74, 6) is -0.0842. The molecule has 0 saturated heterocycles. The molecule has 0 aliphatic carbocycles. The minimum Gasteiger partial charge on any atom is -0.395 e. The zero-order valence-corrected chi connectivity index (χ0v) is 11.8. The zero-order chi connectivity index (χ0) is 14.2. The van der Waals surface area contributed by atoms with Crippen LogP contribution >= 0.6 is 11.8 Å². The lowest BCUT2D eigenvalue weighted by atomic mass is 10.1. The highest BCUT2D eigenvalue weighted by Crippen LogP contribution is 2.35. The van der Waals surface area contributed by atoms with Crippen molar-refractivity contribution in [1.82, 2.24) is 5.32 Å². The van der Waals surface area contributed by atoms with Crippen molar-refractivity contribution in [2.45, 2.75) is 10.1 Å². The summed E-state index contributed by atoms with van der Waals surface area (Å²) >= 11 is 1.51. The lowest BCUT2D eigenvalue weighted by Gasteiger charge is -2.16. The van der Waals surface area contributed by atoms with Gasteiger partial charge in [-0.3, -0.25) is 4.79 Å². The van der Waals surface area contributed by atoms with E-state index in [2.05, 4.69) is 5.32 Å². The molecule has 4 heteroatoms. The molecule has 20 heavy (non-hydrogen) atoms. The van der Waals surface area contributed by atoms with Gasteiger partial charge in [-0.2, -0.15) is 0 Å². The number of aliphatic hydroxyl groups is 1. The lowest BCUT2D eigenvalue weighted by Crippen LogP contribution is -2.30. The first-order chi connectivity index (χ1) is 9.81. The number of thioether (sulfide) groups is 1. The van der Waals surface area contributed by atoms with E-state index in [1.807, 2.05) is 60.7 Å². The Morgan fingerprint density at radius 3 is 2.25 bits per heavy atom. The van der Waals surface area contributed by atoms with Crippen LogP contribution in [0.4, 0.5) is 0 Å². The van der Waals surface area contributed by atoms with E-state index in [1.165, 1.54) is 11.8 Å². The molecule has 0 spiro atoms. The Morgan fingerprint density at radius 2 is 1.65 bits per heavy atom. The molecule has 0 bridgehead atoms. The SMILES string of the molecule is O=C(NCCO)[C@@H](Sc1ccccc1)c1ccccc1. The number of carbonyl (C=O) groups excluding carboxylic acids is 1. The summed E-state index contributed by atoms with van der Waals surface area (Å²) in [6, 6.07) is 19.5. The van der Waals surface area contributed by atoms with Gasteiger partial charge in [0.1, 0.15) is 5.25 Å². The third-order valence-corrected chi connectivity index (χ3v) is 4.01. The van der Waals surface area contributed by atoms with Gasteiger partial charge in [0, 0.05) is 11.4 Å². The van der Waals surface area contributed by atoms with Gasteiger partial charge in [0.05, 0.1) is 6.61 Å². The highest BCUT2D eigenvalue weighted by molar-refractivity contribution is 8.00. The third kappa shape index (κ3) is 4.11. The summed E-state index contributed by atoms with van der Waals surface area (Å²) in [4.78, 5) is 13.3. The molecule has 0 saturated carbocycles. The molecule has 0 aromatic heterocycles. The van der Waals surface area contributed by atoms with Crippen LogP contribution in [0.15, 0.2) is 65.6 Å². The maximum Gasteiger partial charge on any atom is 0.238 e. The van der Waals surface area contributed by atoms with Gasteiger partial charge < -0.3 is 10.4 Å². The van der Waals surface area contributed by atoms with Crippen molar-refractivity contribution in [3.63, 3.8) is 0 Å². The van der Waals surface area contributed by atoms with Gasteiger partial charge in [0.25, 0.3) is 0 Å². The van der Waals surface area contributed by atoms with E-state index >= 15 is 0 Å². The first-order valence-electron chi connectivity index (χ1n) is 6.46. The Bertz CT molecular complexity index is 531. The summed E-state index contributed by atoms with van der Waals surface area (Å²) in [5, 5.41) is 11.3. The first-order valence-corrected chi connectivity index (χ1v) is 7.34. The van der Waals surface area contributed by atoms with Gasteiger partial charge in [-0.25, -0.2) is 0 Å². The Labute approximate surface area is 123 Å². The topological polar surface area (TPSA) is 49.3 Å². The number of hydrogen-bond donors (Lipinski definition) is 2. The van der Waals surface area contributed by atoms with Crippen molar-refractivity contribution in [2.75, 3.05) is 13.2 Å². The van der Waals surface area contributed by atoms with Crippen LogP contribution in [0.3, 0.4) is 0 Å². The van der Waals surface area contributed by atoms with E-state index in [0.717, 1.165) is 10.5 Å². The van der Waals surface area contributed by atoms with Crippen molar-refractivity contribution in [2.24, 2.45) is 0 Å². The number of carbonyl (C=O) groups is 1. The Kier molecular flexibility index (Phi) is 5.65. The van der Waals surface area contributed by atoms with E-state index in [1.54, 1.807) is 0 Å². The molecule has 2 N–H and O–H groups in total. The molecule has 2 aromatic carbocycles. The van der Waals surface area contributed by atoms with Crippen molar-refractivity contribution >= 4 is 17.7 Å². The number of rotatable bonds is 6. The molecular weight excluding hydrogens is 270 g/mol. The van der Waals surface area contributed by atoms with Gasteiger partial charge in [0.2, 0.25) is 5.91 Å². The molecule has 1 atom stereocenters. The van der Waals surface area contributed by atoms with Crippen LogP contribution in [-0.4, -0.2) is 24.2 Å². The maximum atomic E-state index is 12.3. The van der Waals surface area contributed by atoms with Crippen molar-refractivity contribution in [3.8, 4) is 0 Å². The number of aliphatic hydroxyl groups excluding tert-OH is 1. The molecule has 1 amide bonds. The molecule has 104 valence electrons.